The topological polar surface area (TPSA) is 103 Å². The maximum absolute atomic E-state index is 13.4. The first-order chi connectivity index (χ1) is 17.6. The zero-order chi connectivity index (χ0) is 25.9. The molecule has 1 aliphatic carbocycles. The Morgan fingerprint density at radius 1 is 1.11 bits per heavy atom. The standard InChI is InChI=1S/C25H30F3N7O2/c1-24(37)5-7-33(8-6-24)18-13-34(14-18)21-20-12-29-35(17-4-2-3-15(9-17)25(26,27)28)22(20)32-23(31-21)30-16-10-19(36)11-16/h2-4,9,12,16,18-19,36-37H,5-8,10-11,13-14H2,1H3,(H,30,31,32). The first kappa shape index (κ1) is 24.4. The zero-order valence-electron chi connectivity index (χ0n) is 20.5. The molecule has 9 nitrogen and oxygen atoms in total. The molecule has 6 rings (SSSR count). The number of fused-ring (bicyclic) bond motifs is 1. The summed E-state index contributed by atoms with van der Waals surface area (Å²) in [5.41, 5.74) is -0.673. The lowest BCUT2D eigenvalue weighted by Crippen LogP contribution is -2.62. The first-order valence-electron chi connectivity index (χ1n) is 12.7. The molecule has 1 saturated carbocycles. The summed E-state index contributed by atoms with van der Waals surface area (Å²) in [5, 5.41) is 28.3. The molecule has 0 atom stereocenters. The Kier molecular flexibility index (Phi) is 5.81. The summed E-state index contributed by atoms with van der Waals surface area (Å²) in [7, 11) is 0. The molecular weight excluding hydrogens is 487 g/mol. The number of halogens is 3. The number of piperidine rings is 1. The fourth-order valence-electron chi connectivity index (χ4n) is 5.32. The lowest BCUT2D eigenvalue weighted by Gasteiger charge is -2.49. The minimum atomic E-state index is -4.47. The highest BCUT2D eigenvalue weighted by Gasteiger charge is 2.38. The molecule has 2 aromatic heterocycles. The van der Waals surface area contributed by atoms with Gasteiger partial charge in [-0.2, -0.15) is 28.2 Å². The molecule has 3 fully saturated rings. The van der Waals surface area contributed by atoms with Gasteiger partial charge in [0, 0.05) is 38.3 Å². The van der Waals surface area contributed by atoms with E-state index in [9.17, 15) is 23.4 Å². The summed E-state index contributed by atoms with van der Waals surface area (Å²) in [4.78, 5) is 13.9. The van der Waals surface area contributed by atoms with Gasteiger partial charge in [0.2, 0.25) is 5.95 Å². The third kappa shape index (κ3) is 4.73. The van der Waals surface area contributed by atoms with Gasteiger partial charge in [0.1, 0.15) is 5.82 Å². The van der Waals surface area contributed by atoms with Crippen LogP contribution in [-0.2, 0) is 6.18 Å². The van der Waals surface area contributed by atoms with Crippen LogP contribution in [0.15, 0.2) is 30.5 Å². The Morgan fingerprint density at radius 2 is 1.84 bits per heavy atom. The van der Waals surface area contributed by atoms with E-state index in [-0.39, 0.29) is 17.8 Å². The van der Waals surface area contributed by atoms with Gasteiger partial charge in [0.15, 0.2) is 5.65 Å². The zero-order valence-corrected chi connectivity index (χ0v) is 20.5. The second-order valence-corrected chi connectivity index (χ2v) is 10.8. The Hall–Kier alpha value is -2.96. The number of aliphatic hydroxyl groups excluding tert-OH is 1. The van der Waals surface area contributed by atoms with Crippen LogP contribution in [0.2, 0.25) is 0 Å². The summed E-state index contributed by atoms with van der Waals surface area (Å²) in [5.74, 6) is 1.05. The second kappa shape index (κ2) is 8.81. The molecule has 1 aromatic carbocycles. The van der Waals surface area contributed by atoms with E-state index in [2.05, 4.69) is 25.2 Å². The third-order valence-electron chi connectivity index (χ3n) is 7.83. The fourth-order valence-corrected chi connectivity index (χ4v) is 5.32. The average Bonchev–Trinajstić information content (AvgIpc) is 3.22. The number of hydrogen-bond acceptors (Lipinski definition) is 8. The lowest BCUT2D eigenvalue weighted by molar-refractivity contribution is -0.137. The maximum atomic E-state index is 13.4. The van der Waals surface area contributed by atoms with Gasteiger partial charge in [-0.25, -0.2) is 4.68 Å². The minimum absolute atomic E-state index is 0.0375. The van der Waals surface area contributed by atoms with E-state index in [1.807, 2.05) is 6.92 Å². The van der Waals surface area contributed by atoms with Crippen molar-refractivity contribution >= 4 is 22.8 Å². The molecule has 2 saturated heterocycles. The van der Waals surface area contributed by atoms with Crippen molar-refractivity contribution in [2.45, 2.75) is 62.6 Å². The quantitative estimate of drug-likeness (QED) is 0.475. The molecule has 12 heteroatoms. The molecule has 0 amide bonds. The largest absolute Gasteiger partial charge is 0.416 e. The van der Waals surface area contributed by atoms with Crippen LogP contribution in [0.1, 0.15) is 38.2 Å². The first-order valence-corrected chi connectivity index (χ1v) is 12.7. The van der Waals surface area contributed by atoms with Crippen LogP contribution in [0.5, 0.6) is 0 Å². The van der Waals surface area contributed by atoms with Crippen LogP contribution in [-0.4, -0.2) is 84.8 Å². The summed E-state index contributed by atoms with van der Waals surface area (Å²) < 4.78 is 41.5. The average molecular weight is 518 g/mol. The van der Waals surface area contributed by atoms with Gasteiger partial charge in [-0.3, -0.25) is 4.90 Å². The lowest BCUT2D eigenvalue weighted by atomic mass is 9.90. The number of benzene rings is 1. The Labute approximate surface area is 211 Å². The van der Waals surface area contributed by atoms with Crippen LogP contribution in [0.4, 0.5) is 24.9 Å². The van der Waals surface area contributed by atoms with E-state index < -0.39 is 17.3 Å². The number of anilines is 2. The maximum Gasteiger partial charge on any atom is 0.416 e. The molecule has 37 heavy (non-hydrogen) atoms. The highest BCUT2D eigenvalue weighted by molar-refractivity contribution is 5.89. The van der Waals surface area contributed by atoms with Gasteiger partial charge >= 0.3 is 6.18 Å². The summed E-state index contributed by atoms with van der Waals surface area (Å²) >= 11 is 0. The number of likely N-dealkylation sites (tertiary alicyclic amines) is 1. The van der Waals surface area contributed by atoms with Gasteiger partial charge in [-0.15, -0.1) is 0 Å². The molecular formula is C25H30F3N7O2. The number of aromatic nitrogens is 4. The van der Waals surface area contributed by atoms with E-state index in [1.165, 1.54) is 10.7 Å². The van der Waals surface area contributed by atoms with Crippen LogP contribution in [0, 0.1) is 0 Å². The van der Waals surface area contributed by atoms with Crippen molar-refractivity contribution in [1.29, 1.82) is 0 Å². The normalized spacial score (nSPS) is 24.6. The molecule has 0 spiro atoms. The molecule has 0 unspecified atom stereocenters. The summed E-state index contributed by atoms with van der Waals surface area (Å²) in [6.45, 7) is 5.08. The van der Waals surface area contributed by atoms with Crippen molar-refractivity contribution in [3.8, 4) is 5.69 Å². The third-order valence-corrected chi connectivity index (χ3v) is 7.83. The van der Waals surface area contributed by atoms with E-state index in [4.69, 9.17) is 4.98 Å². The predicted octanol–water partition coefficient (Wildman–Crippen LogP) is 2.80. The molecule has 2 aliphatic heterocycles. The van der Waals surface area contributed by atoms with E-state index >= 15 is 0 Å². The van der Waals surface area contributed by atoms with Crippen LogP contribution in [0.3, 0.4) is 0 Å². The number of hydrogen-bond donors (Lipinski definition) is 3. The van der Waals surface area contributed by atoms with Crippen molar-refractivity contribution in [2.24, 2.45) is 0 Å². The molecule has 0 radical (unpaired) electrons. The van der Waals surface area contributed by atoms with Crippen molar-refractivity contribution in [1.82, 2.24) is 24.6 Å². The van der Waals surface area contributed by atoms with Crippen molar-refractivity contribution in [3.05, 3.63) is 36.0 Å². The fraction of sp³-hybridized carbons (Fsp3) is 0.560. The van der Waals surface area contributed by atoms with Crippen molar-refractivity contribution in [2.75, 3.05) is 36.4 Å². The number of rotatable bonds is 5. The van der Waals surface area contributed by atoms with Crippen LogP contribution in [0.25, 0.3) is 16.7 Å². The number of nitrogens with one attached hydrogen (secondary N) is 1. The van der Waals surface area contributed by atoms with Gasteiger partial charge < -0.3 is 20.4 Å². The highest BCUT2D eigenvalue weighted by Crippen LogP contribution is 2.35. The van der Waals surface area contributed by atoms with E-state index in [0.717, 1.165) is 51.2 Å². The number of alkyl halides is 3. The molecule has 0 bridgehead atoms. The Morgan fingerprint density at radius 3 is 2.51 bits per heavy atom. The minimum Gasteiger partial charge on any atom is -0.393 e. The Bertz CT molecular complexity index is 1290. The highest BCUT2D eigenvalue weighted by atomic mass is 19.4. The van der Waals surface area contributed by atoms with Crippen molar-refractivity contribution in [3.63, 3.8) is 0 Å². The van der Waals surface area contributed by atoms with E-state index in [1.54, 1.807) is 12.3 Å². The molecule has 3 aliphatic rings. The molecule has 3 aromatic rings. The van der Waals surface area contributed by atoms with Gasteiger partial charge in [0.05, 0.1) is 34.5 Å². The van der Waals surface area contributed by atoms with Gasteiger partial charge in [-0.05, 0) is 50.8 Å². The van der Waals surface area contributed by atoms with Crippen molar-refractivity contribution < 1.29 is 23.4 Å². The van der Waals surface area contributed by atoms with Crippen LogP contribution >= 0.6 is 0 Å². The van der Waals surface area contributed by atoms with E-state index in [0.29, 0.717) is 41.7 Å². The van der Waals surface area contributed by atoms with Gasteiger partial charge in [-0.1, -0.05) is 6.07 Å². The molecule has 4 heterocycles. The monoisotopic (exact) mass is 517 g/mol. The smallest absolute Gasteiger partial charge is 0.393 e. The summed E-state index contributed by atoms with van der Waals surface area (Å²) in [6.07, 6.45) is -0.544. The SMILES string of the molecule is CC1(O)CCN(C2CN(c3nc(NC4CC(O)C4)nc4c3cnn4-c3cccc(C(F)(F)F)c3)C2)CC1. The number of aliphatic hydroxyl groups is 2. The molecule has 3 N–H and O–H groups in total. The second-order valence-electron chi connectivity index (χ2n) is 10.8. The number of nitrogens with zero attached hydrogens (tertiary/aromatic N) is 6. The predicted molar refractivity (Wildman–Crippen MR) is 132 cm³/mol. The Balaban J connectivity index is 1.31. The molecule has 198 valence electrons. The van der Waals surface area contributed by atoms with Crippen LogP contribution < -0.4 is 10.2 Å². The summed E-state index contributed by atoms with van der Waals surface area (Å²) in [6, 6.07) is 5.41. The van der Waals surface area contributed by atoms with Gasteiger partial charge in [0.25, 0.3) is 0 Å².